The van der Waals surface area contributed by atoms with Crippen molar-refractivity contribution in [2.45, 2.75) is 56.5 Å². The summed E-state index contributed by atoms with van der Waals surface area (Å²) < 4.78 is 52.1. The Kier molecular flexibility index (Phi) is 8.74. The highest BCUT2D eigenvalue weighted by Crippen LogP contribution is 2.48. The molecule has 3 aliphatic rings. The van der Waals surface area contributed by atoms with Crippen molar-refractivity contribution >= 4 is 28.3 Å². The standard InChI is InChI=1S/C37H37F2N3O6/c1-45-32-20-28-30(21-33(32)47-22-36(11-12-36)42-26-9-16-46-17-10-26)40-15-8-31(28)48-27-7-2-23(29(39)19-27)18-34(43)37(13-14-37)35(44)41-25-5-3-24(38)4-6-25/h2-8,15,19-21,26,42H,9-14,16-18,22H2,1H3,(H,41,44). The topological polar surface area (TPSA) is 108 Å². The Hall–Kier alpha value is -4.61. The third kappa shape index (κ3) is 6.84. The third-order valence-electron chi connectivity index (χ3n) is 9.50. The zero-order chi connectivity index (χ0) is 33.3. The first-order valence-electron chi connectivity index (χ1n) is 16.3. The second kappa shape index (κ2) is 13.1. The predicted molar refractivity (Wildman–Crippen MR) is 175 cm³/mol. The average Bonchev–Trinajstić information content (AvgIpc) is 4.03. The van der Waals surface area contributed by atoms with Crippen LogP contribution in [0.4, 0.5) is 14.5 Å². The number of halogens is 2. The summed E-state index contributed by atoms with van der Waals surface area (Å²) in [4.78, 5) is 30.6. The molecular weight excluding hydrogens is 620 g/mol. The Morgan fingerprint density at radius 2 is 1.71 bits per heavy atom. The molecule has 7 rings (SSSR count). The number of nitrogens with one attached hydrogen (secondary N) is 2. The minimum absolute atomic E-state index is 0.0448. The van der Waals surface area contributed by atoms with Gasteiger partial charge < -0.3 is 29.6 Å². The first kappa shape index (κ1) is 32.0. The number of ketones is 1. The number of carbonyl (C=O) groups is 2. The highest BCUT2D eigenvalue weighted by Gasteiger charge is 2.55. The SMILES string of the molecule is COc1cc2c(Oc3ccc(CC(=O)C4(C(=O)Nc5ccc(F)cc5)CC4)c(F)c3)ccnc2cc1OCC1(NC2CCOCC2)CC1. The lowest BCUT2D eigenvalue weighted by atomic mass is 9.93. The molecule has 0 bridgehead atoms. The average molecular weight is 658 g/mol. The number of carbonyl (C=O) groups excluding carboxylic acids is 2. The van der Waals surface area contributed by atoms with E-state index in [1.54, 1.807) is 31.5 Å². The number of hydrogen-bond acceptors (Lipinski definition) is 8. The maximum absolute atomic E-state index is 15.3. The summed E-state index contributed by atoms with van der Waals surface area (Å²) in [7, 11) is 1.58. The number of hydrogen-bond donors (Lipinski definition) is 2. The first-order valence-corrected chi connectivity index (χ1v) is 16.3. The molecule has 1 aliphatic heterocycles. The van der Waals surface area contributed by atoms with Crippen molar-refractivity contribution < 1.29 is 37.3 Å². The highest BCUT2D eigenvalue weighted by molar-refractivity contribution is 6.14. The Balaban J connectivity index is 1.01. The van der Waals surface area contributed by atoms with E-state index in [1.807, 2.05) is 6.07 Å². The molecule has 250 valence electrons. The van der Waals surface area contributed by atoms with Crippen LogP contribution in [-0.2, 0) is 20.7 Å². The number of anilines is 1. The van der Waals surface area contributed by atoms with Crippen LogP contribution in [0.5, 0.6) is 23.0 Å². The van der Waals surface area contributed by atoms with E-state index in [2.05, 4.69) is 15.6 Å². The van der Waals surface area contributed by atoms with Crippen LogP contribution in [0.15, 0.2) is 66.9 Å². The molecule has 11 heteroatoms. The summed E-state index contributed by atoms with van der Waals surface area (Å²) in [6.45, 7) is 2.07. The zero-order valence-electron chi connectivity index (χ0n) is 26.7. The number of nitrogens with zero attached hydrogens (tertiary/aromatic N) is 1. The minimum Gasteiger partial charge on any atom is -0.493 e. The van der Waals surface area contributed by atoms with Crippen LogP contribution < -0.4 is 24.8 Å². The van der Waals surface area contributed by atoms with Gasteiger partial charge in [-0.2, -0.15) is 0 Å². The van der Waals surface area contributed by atoms with E-state index in [1.165, 1.54) is 36.4 Å². The van der Waals surface area contributed by atoms with Crippen molar-refractivity contribution in [3.05, 3.63) is 84.1 Å². The number of ether oxygens (including phenoxy) is 4. The smallest absolute Gasteiger partial charge is 0.238 e. The monoisotopic (exact) mass is 657 g/mol. The van der Waals surface area contributed by atoms with Gasteiger partial charge >= 0.3 is 0 Å². The van der Waals surface area contributed by atoms with Gasteiger partial charge in [0.05, 0.1) is 18.2 Å². The van der Waals surface area contributed by atoms with Gasteiger partial charge in [0.15, 0.2) is 17.3 Å². The molecule has 48 heavy (non-hydrogen) atoms. The van der Waals surface area contributed by atoms with Gasteiger partial charge in [0.25, 0.3) is 0 Å². The fourth-order valence-corrected chi connectivity index (χ4v) is 6.21. The molecule has 0 atom stereocenters. The normalized spacial score (nSPS) is 17.8. The molecule has 2 N–H and O–H groups in total. The van der Waals surface area contributed by atoms with Gasteiger partial charge in [-0.15, -0.1) is 0 Å². The Bertz CT molecular complexity index is 1840. The second-order valence-corrected chi connectivity index (χ2v) is 12.9. The zero-order valence-corrected chi connectivity index (χ0v) is 26.7. The third-order valence-corrected chi connectivity index (χ3v) is 9.50. The molecule has 4 aromatic rings. The maximum Gasteiger partial charge on any atom is 0.238 e. The maximum atomic E-state index is 15.3. The summed E-state index contributed by atoms with van der Waals surface area (Å²) in [5.41, 5.74) is -0.0774. The minimum atomic E-state index is -1.21. The quantitative estimate of drug-likeness (QED) is 0.157. The number of benzene rings is 3. The molecular formula is C37H37F2N3O6. The fourth-order valence-electron chi connectivity index (χ4n) is 6.21. The Morgan fingerprint density at radius 1 is 0.938 bits per heavy atom. The van der Waals surface area contributed by atoms with E-state index >= 15 is 4.39 Å². The van der Waals surface area contributed by atoms with Crippen LogP contribution >= 0.6 is 0 Å². The van der Waals surface area contributed by atoms with E-state index in [-0.39, 0.29) is 29.1 Å². The van der Waals surface area contributed by atoms with Crippen LogP contribution in [-0.4, -0.2) is 55.2 Å². The van der Waals surface area contributed by atoms with Crippen LogP contribution in [0.3, 0.4) is 0 Å². The van der Waals surface area contributed by atoms with Crippen LogP contribution in [0, 0.1) is 17.0 Å². The van der Waals surface area contributed by atoms with E-state index < -0.39 is 23.0 Å². The van der Waals surface area contributed by atoms with Gasteiger partial charge in [0.2, 0.25) is 5.91 Å². The van der Waals surface area contributed by atoms with Crippen molar-refractivity contribution in [2.24, 2.45) is 5.41 Å². The molecule has 1 saturated heterocycles. The van der Waals surface area contributed by atoms with Crippen molar-refractivity contribution in [1.82, 2.24) is 10.3 Å². The van der Waals surface area contributed by atoms with Crippen LogP contribution in [0.2, 0.25) is 0 Å². The van der Waals surface area contributed by atoms with E-state index in [9.17, 15) is 14.0 Å². The number of pyridine rings is 1. The largest absolute Gasteiger partial charge is 0.493 e. The molecule has 0 unspecified atom stereocenters. The van der Waals surface area contributed by atoms with Gasteiger partial charge in [-0.3, -0.25) is 14.6 Å². The molecule has 2 heterocycles. The van der Waals surface area contributed by atoms with Gasteiger partial charge in [0.1, 0.15) is 35.2 Å². The van der Waals surface area contributed by atoms with Gasteiger partial charge in [-0.05, 0) is 86.6 Å². The van der Waals surface area contributed by atoms with Crippen molar-refractivity contribution in [2.75, 3.05) is 32.2 Å². The number of fused-ring (bicyclic) bond motifs is 1. The van der Waals surface area contributed by atoms with E-state index in [4.69, 9.17) is 18.9 Å². The summed E-state index contributed by atoms with van der Waals surface area (Å²) in [6, 6.07) is 15.4. The fraction of sp³-hybridized carbons (Fsp3) is 0.378. The Morgan fingerprint density at radius 3 is 2.40 bits per heavy atom. The van der Waals surface area contributed by atoms with Crippen LogP contribution in [0.1, 0.15) is 44.1 Å². The molecule has 2 aliphatic carbocycles. The molecule has 0 spiro atoms. The Labute approximate surface area is 276 Å². The number of aromatic nitrogens is 1. The summed E-state index contributed by atoms with van der Waals surface area (Å²) in [5, 5.41) is 7.11. The molecule has 3 fully saturated rings. The van der Waals surface area contributed by atoms with Crippen molar-refractivity contribution in [1.29, 1.82) is 0 Å². The van der Waals surface area contributed by atoms with E-state index in [0.717, 1.165) is 38.9 Å². The van der Waals surface area contributed by atoms with Crippen LogP contribution in [0.25, 0.3) is 10.9 Å². The number of amides is 1. The molecule has 2 saturated carbocycles. The number of Topliss-reactive ketones (excluding diaryl/α,β-unsaturated/α-hetero) is 1. The molecule has 0 radical (unpaired) electrons. The molecule has 9 nitrogen and oxygen atoms in total. The molecule has 3 aromatic carbocycles. The summed E-state index contributed by atoms with van der Waals surface area (Å²) in [6.07, 6.45) is 6.21. The first-order chi connectivity index (χ1) is 23.3. The number of rotatable bonds is 13. The lowest BCUT2D eigenvalue weighted by Gasteiger charge is -2.28. The van der Waals surface area contributed by atoms with Crippen molar-refractivity contribution in [3.63, 3.8) is 0 Å². The highest BCUT2D eigenvalue weighted by atomic mass is 19.1. The summed E-state index contributed by atoms with van der Waals surface area (Å²) >= 11 is 0. The van der Waals surface area contributed by atoms with Gasteiger partial charge in [-0.25, -0.2) is 8.78 Å². The van der Waals surface area contributed by atoms with Gasteiger partial charge in [-0.1, -0.05) is 6.07 Å². The molecule has 1 amide bonds. The summed E-state index contributed by atoms with van der Waals surface area (Å²) in [5.74, 6) is -0.0957. The lowest BCUT2D eigenvalue weighted by Crippen LogP contribution is -2.46. The number of methoxy groups -OCH3 is 1. The second-order valence-electron chi connectivity index (χ2n) is 12.9. The predicted octanol–water partition coefficient (Wildman–Crippen LogP) is 6.52. The van der Waals surface area contributed by atoms with E-state index in [0.29, 0.717) is 59.3 Å². The molecule has 1 aromatic heterocycles. The lowest BCUT2D eigenvalue weighted by molar-refractivity contribution is -0.132. The van der Waals surface area contributed by atoms with Crippen molar-refractivity contribution in [3.8, 4) is 23.0 Å². The van der Waals surface area contributed by atoms with Gasteiger partial charge in [0, 0.05) is 55.1 Å².